The number of benzene rings is 1. The summed E-state index contributed by atoms with van der Waals surface area (Å²) in [6.45, 7) is 4.33. The molecular weight excluding hydrogens is 236 g/mol. The summed E-state index contributed by atoms with van der Waals surface area (Å²) in [7, 11) is 0. The van der Waals surface area contributed by atoms with Gasteiger partial charge in [0.1, 0.15) is 12.4 Å². The molecule has 3 rings (SSSR count). The van der Waals surface area contributed by atoms with Crippen LogP contribution in [0, 0.1) is 0 Å². The van der Waals surface area contributed by atoms with Crippen LogP contribution in [0.15, 0.2) is 18.2 Å². The monoisotopic (exact) mass is 260 g/mol. The predicted octanol–water partition coefficient (Wildman–Crippen LogP) is 2.50. The fourth-order valence-corrected chi connectivity index (χ4v) is 3.19. The summed E-state index contributed by atoms with van der Waals surface area (Å²) >= 11 is 0. The Morgan fingerprint density at radius 2 is 2.05 bits per heavy atom. The van der Waals surface area contributed by atoms with Gasteiger partial charge in [0.25, 0.3) is 0 Å². The minimum absolute atomic E-state index is 0.234. The zero-order chi connectivity index (χ0) is 13.1. The average Bonchev–Trinajstić information content (AvgIpc) is 2.81. The molecule has 104 valence electrons. The Morgan fingerprint density at radius 3 is 2.89 bits per heavy atom. The van der Waals surface area contributed by atoms with E-state index in [1.54, 1.807) is 0 Å². The lowest BCUT2D eigenvalue weighted by Crippen LogP contribution is -2.33. The van der Waals surface area contributed by atoms with Gasteiger partial charge in [-0.1, -0.05) is 12.5 Å². The third kappa shape index (κ3) is 3.10. The number of ether oxygens (including phenoxy) is 1. The lowest BCUT2D eigenvalue weighted by atomic mass is 10.1. The quantitative estimate of drug-likeness (QED) is 0.904. The standard InChI is InChI=1S/C16H24N2O/c17-16-7-4-13-12-14(5-6-15(13)16)19-11-10-18-8-2-1-3-9-18/h5-6,12,16H,1-4,7-11,17H2/t16-/m1/s1. The maximum absolute atomic E-state index is 6.05. The van der Waals surface area contributed by atoms with Gasteiger partial charge in [0.05, 0.1) is 0 Å². The molecule has 1 saturated heterocycles. The van der Waals surface area contributed by atoms with Crippen LogP contribution in [-0.4, -0.2) is 31.1 Å². The van der Waals surface area contributed by atoms with Gasteiger partial charge in [0.15, 0.2) is 0 Å². The van der Waals surface area contributed by atoms with Crippen molar-refractivity contribution in [2.75, 3.05) is 26.2 Å². The van der Waals surface area contributed by atoms with E-state index in [1.165, 1.54) is 43.5 Å². The molecule has 1 fully saturated rings. The number of aryl methyl sites for hydroxylation is 1. The first-order valence-corrected chi connectivity index (χ1v) is 7.56. The van der Waals surface area contributed by atoms with E-state index in [1.807, 2.05) is 0 Å². The van der Waals surface area contributed by atoms with Crippen molar-refractivity contribution in [3.05, 3.63) is 29.3 Å². The summed E-state index contributed by atoms with van der Waals surface area (Å²) in [4.78, 5) is 2.51. The second kappa shape index (κ2) is 5.93. The molecule has 2 aliphatic rings. The highest BCUT2D eigenvalue weighted by Gasteiger charge is 2.19. The summed E-state index contributed by atoms with van der Waals surface area (Å²) < 4.78 is 5.89. The SMILES string of the molecule is N[C@@H]1CCc2cc(OCCN3CCCCC3)ccc21. The van der Waals surface area contributed by atoms with E-state index in [-0.39, 0.29) is 6.04 Å². The Morgan fingerprint density at radius 1 is 1.21 bits per heavy atom. The zero-order valence-electron chi connectivity index (χ0n) is 11.6. The molecule has 0 radical (unpaired) electrons. The molecular formula is C16H24N2O. The van der Waals surface area contributed by atoms with Gasteiger partial charge in [-0.3, -0.25) is 4.90 Å². The maximum Gasteiger partial charge on any atom is 0.119 e. The topological polar surface area (TPSA) is 38.5 Å². The van der Waals surface area contributed by atoms with E-state index in [0.717, 1.165) is 31.7 Å². The number of hydrogen-bond acceptors (Lipinski definition) is 3. The van der Waals surface area contributed by atoms with Crippen molar-refractivity contribution < 1.29 is 4.74 Å². The Balaban J connectivity index is 1.50. The van der Waals surface area contributed by atoms with Crippen molar-refractivity contribution in [2.45, 2.75) is 38.1 Å². The molecule has 19 heavy (non-hydrogen) atoms. The van der Waals surface area contributed by atoms with E-state index >= 15 is 0 Å². The third-order valence-electron chi connectivity index (χ3n) is 4.36. The Kier molecular flexibility index (Phi) is 4.04. The first-order valence-electron chi connectivity index (χ1n) is 7.56. The van der Waals surface area contributed by atoms with E-state index in [2.05, 4.69) is 23.1 Å². The predicted molar refractivity (Wildman–Crippen MR) is 77.5 cm³/mol. The molecule has 1 heterocycles. The molecule has 3 nitrogen and oxygen atoms in total. The lowest BCUT2D eigenvalue weighted by Gasteiger charge is -2.26. The normalized spacial score (nSPS) is 23.3. The summed E-state index contributed by atoms with van der Waals surface area (Å²) in [5.74, 6) is 1.00. The first kappa shape index (κ1) is 12.9. The van der Waals surface area contributed by atoms with Crippen molar-refractivity contribution in [2.24, 2.45) is 5.73 Å². The summed E-state index contributed by atoms with van der Waals surface area (Å²) in [6.07, 6.45) is 6.25. The van der Waals surface area contributed by atoms with Crippen LogP contribution in [0.3, 0.4) is 0 Å². The van der Waals surface area contributed by atoms with Crippen LogP contribution in [0.4, 0.5) is 0 Å². The summed E-state index contributed by atoms with van der Waals surface area (Å²) in [6, 6.07) is 6.62. The van der Waals surface area contributed by atoms with Gasteiger partial charge in [0.2, 0.25) is 0 Å². The molecule has 3 heteroatoms. The van der Waals surface area contributed by atoms with Crippen molar-refractivity contribution in [1.29, 1.82) is 0 Å². The number of hydrogen-bond donors (Lipinski definition) is 1. The minimum atomic E-state index is 0.234. The van der Waals surface area contributed by atoms with Crippen LogP contribution >= 0.6 is 0 Å². The molecule has 2 N–H and O–H groups in total. The molecule has 0 saturated carbocycles. The van der Waals surface area contributed by atoms with Crippen molar-refractivity contribution >= 4 is 0 Å². The number of fused-ring (bicyclic) bond motifs is 1. The van der Waals surface area contributed by atoms with Crippen LogP contribution < -0.4 is 10.5 Å². The molecule has 0 aromatic heterocycles. The van der Waals surface area contributed by atoms with Gasteiger partial charge in [-0.2, -0.15) is 0 Å². The van der Waals surface area contributed by atoms with Crippen LogP contribution in [0.25, 0.3) is 0 Å². The number of piperidine rings is 1. The van der Waals surface area contributed by atoms with Gasteiger partial charge in [0, 0.05) is 12.6 Å². The fraction of sp³-hybridized carbons (Fsp3) is 0.625. The second-order valence-corrected chi connectivity index (χ2v) is 5.76. The van der Waals surface area contributed by atoms with Crippen LogP contribution in [0.2, 0.25) is 0 Å². The number of nitrogens with two attached hydrogens (primary N) is 1. The summed E-state index contributed by atoms with van der Waals surface area (Å²) in [5.41, 5.74) is 8.73. The van der Waals surface area contributed by atoms with Gasteiger partial charge < -0.3 is 10.5 Å². The highest BCUT2D eigenvalue weighted by Crippen LogP contribution is 2.31. The second-order valence-electron chi connectivity index (χ2n) is 5.76. The van der Waals surface area contributed by atoms with Gasteiger partial charge in [-0.25, -0.2) is 0 Å². The molecule has 1 aromatic rings. The van der Waals surface area contributed by atoms with E-state index in [4.69, 9.17) is 10.5 Å². The van der Waals surface area contributed by atoms with Crippen LogP contribution in [0.1, 0.15) is 42.9 Å². The van der Waals surface area contributed by atoms with Crippen LogP contribution in [0.5, 0.6) is 5.75 Å². The number of nitrogens with zero attached hydrogens (tertiary/aromatic N) is 1. The smallest absolute Gasteiger partial charge is 0.119 e. The molecule has 0 spiro atoms. The van der Waals surface area contributed by atoms with Crippen LogP contribution in [-0.2, 0) is 6.42 Å². The van der Waals surface area contributed by atoms with Crippen molar-refractivity contribution in [1.82, 2.24) is 4.90 Å². The zero-order valence-corrected chi connectivity index (χ0v) is 11.6. The molecule has 1 aliphatic heterocycles. The minimum Gasteiger partial charge on any atom is -0.492 e. The van der Waals surface area contributed by atoms with Crippen molar-refractivity contribution in [3.8, 4) is 5.75 Å². The maximum atomic E-state index is 6.05. The van der Waals surface area contributed by atoms with Crippen molar-refractivity contribution in [3.63, 3.8) is 0 Å². The Hall–Kier alpha value is -1.06. The van der Waals surface area contributed by atoms with Gasteiger partial charge in [-0.05, 0) is 62.0 Å². The first-order chi connectivity index (χ1) is 9.33. The fourth-order valence-electron chi connectivity index (χ4n) is 3.19. The molecule has 0 bridgehead atoms. The Labute approximate surface area is 115 Å². The number of likely N-dealkylation sites (tertiary alicyclic amines) is 1. The lowest BCUT2D eigenvalue weighted by molar-refractivity contribution is 0.183. The average molecular weight is 260 g/mol. The molecule has 1 aliphatic carbocycles. The van der Waals surface area contributed by atoms with E-state index < -0.39 is 0 Å². The summed E-state index contributed by atoms with van der Waals surface area (Å²) in [5, 5.41) is 0. The molecule has 1 aromatic carbocycles. The molecule has 1 atom stereocenters. The van der Waals surface area contributed by atoms with E-state index in [0.29, 0.717) is 0 Å². The largest absolute Gasteiger partial charge is 0.492 e. The van der Waals surface area contributed by atoms with E-state index in [9.17, 15) is 0 Å². The molecule has 0 unspecified atom stereocenters. The highest BCUT2D eigenvalue weighted by molar-refractivity contribution is 5.40. The number of rotatable bonds is 4. The Bertz CT molecular complexity index is 427. The highest BCUT2D eigenvalue weighted by atomic mass is 16.5. The van der Waals surface area contributed by atoms with Gasteiger partial charge in [-0.15, -0.1) is 0 Å². The molecule has 0 amide bonds. The third-order valence-corrected chi connectivity index (χ3v) is 4.36. The van der Waals surface area contributed by atoms with Gasteiger partial charge >= 0.3 is 0 Å².